The van der Waals surface area contributed by atoms with E-state index < -0.39 is 4.92 Å². The van der Waals surface area contributed by atoms with E-state index in [1.165, 1.54) is 12.1 Å². The Morgan fingerprint density at radius 3 is 2.00 bits per heavy atom. The number of non-ortho nitro benzene ring substituents is 1. The molecule has 1 rings (SSSR count). The van der Waals surface area contributed by atoms with Gasteiger partial charge in [-0.2, -0.15) is 0 Å². The van der Waals surface area contributed by atoms with Crippen molar-refractivity contribution in [3.05, 3.63) is 34.4 Å². The average Bonchev–Trinajstić information content (AvgIpc) is 2.09. The van der Waals surface area contributed by atoms with Crippen LogP contribution in [0.5, 0.6) is 0 Å². The predicted octanol–water partition coefficient (Wildman–Crippen LogP) is 2.91. The van der Waals surface area contributed by atoms with Crippen molar-refractivity contribution in [2.24, 2.45) is 0 Å². The van der Waals surface area contributed by atoms with Crippen LogP contribution in [0.1, 0.15) is 13.8 Å². The zero-order chi connectivity index (χ0) is 9.56. The van der Waals surface area contributed by atoms with Crippen LogP contribution >= 0.6 is 12.6 Å². The normalized spacial score (nSPS) is 8.25. The van der Waals surface area contributed by atoms with E-state index in [1.54, 1.807) is 12.1 Å². The molecule has 0 saturated heterocycles. The summed E-state index contributed by atoms with van der Waals surface area (Å²) in [4.78, 5) is 10.4. The summed E-state index contributed by atoms with van der Waals surface area (Å²) in [6, 6.07) is 6.01. The Balaban J connectivity index is 0.000000561. The molecule has 66 valence electrons. The van der Waals surface area contributed by atoms with Crippen molar-refractivity contribution in [2.45, 2.75) is 18.7 Å². The number of hydrogen-bond acceptors (Lipinski definition) is 3. The van der Waals surface area contributed by atoms with Crippen molar-refractivity contribution in [3.8, 4) is 0 Å². The molecule has 0 bridgehead atoms. The maximum Gasteiger partial charge on any atom is 0.269 e. The highest BCUT2D eigenvalue weighted by Gasteiger charge is 2.00. The number of thiol groups is 1. The van der Waals surface area contributed by atoms with Gasteiger partial charge >= 0.3 is 0 Å². The number of nitro benzene ring substituents is 1. The van der Waals surface area contributed by atoms with Gasteiger partial charge in [0.25, 0.3) is 5.69 Å². The van der Waals surface area contributed by atoms with Crippen LogP contribution in [0.4, 0.5) is 5.69 Å². The summed E-state index contributed by atoms with van der Waals surface area (Å²) in [5, 5.41) is 10.1. The molecule has 0 N–H and O–H groups in total. The van der Waals surface area contributed by atoms with Crippen LogP contribution in [0.25, 0.3) is 0 Å². The van der Waals surface area contributed by atoms with Gasteiger partial charge in [-0.25, -0.2) is 0 Å². The molecular weight excluding hydrogens is 174 g/mol. The molecule has 0 aliphatic rings. The van der Waals surface area contributed by atoms with Crippen molar-refractivity contribution in [2.75, 3.05) is 0 Å². The molecule has 1 aromatic rings. The molecular formula is C8H11NO2S. The molecule has 1 aromatic carbocycles. The standard InChI is InChI=1S/C6H5NO2S.C2H6/c8-7(9)5-1-3-6(10)4-2-5;1-2/h1-4,10H;1-2H3. The monoisotopic (exact) mass is 185 g/mol. The first-order valence-corrected chi connectivity index (χ1v) is 4.08. The lowest BCUT2D eigenvalue weighted by Gasteiger charge is -1.89. The van der Waals surface area contributed by atoms with Gasteiger partial charge in [0.15, 0.2) is 0 Å². The van der Waals surface area contributed by atoms with Gasteiger partial charge in [-0.15, -0.1) is 12.6 Å². The van der Waals surface area contributed by atoms with Crippen molar-refractivity contribution in [1.82, 2.24) is 0 Å². The van der Waals surface area contributed by atoms with Gasteiger partial charge in [-0.05, 0) is 12.1 Å². The summed E-state index contributed by atoms with van der Waals surface area (Å²) in [7, 11) is 0. The Labute approximate surface area is 77.0 Å². The number of rotatable bonds is 1. The van der Waals surface area contributed by atoms with Gasteiger partial charge < -0.3 is 0 Å². The van der Waals surface area contributed by atoms with Gasteiger partial charge in [0.2, 0.25) is 0 Å². The van der Waals surface area contributed by atoms with Crippen molar-refractivity contribution in [1.29, 1.82) is 0 Å². The van der Waals surface area contributed by atoms with E-state index in [9.17, 15) is 10.1 Å². The molecule has 0 spiro atoms. The number of nitro groups is 1. The second kappa shape index (κ2) is 5.60. The maximum atomic E-state index is 10.1. The molecule has 0 heterocycles. The Morgan fingerprint density at radius 2 is 1.67 bits per heavy atom. The first-order valence-electron chi connectivity index (χ1n) is 3.63. The third-order valence-electron chi connectivity index (χ3n) is 1.06. The van der Waals surface area contributed by atoms with Gasteiger partial charge in [0.05, 0.1) is 4.92 Å². The molecule has 0 aliphatic carbocycles. The minimum atomic E-state index is -0.437. The molecule has 0 unspecified atom stereocenters. The molecule has 3 nitrogen and oxygen atoms in total. The van der Waals surface area contributed by atoms with Crippen LogP contribution in [0, 0.1) is 10.1 Å². The van der Waals surface area contributed by atoms with E-state index in [0.717, 1.165) is 4.90 Å². The Morgan fingerprint density at radius 1 is 1.25 bits per heavy atom. The highest BCUT2D eigenvalue weighted by molar-refractivity contribution is 7.80. The highest BCUT2D eigenvalue weighted by atomic mass is 32.1. The number of hydrogen-bond donors (Lipinski definition) is 1. The Hall–Kier alpha value is -1.03. The molecule has 0 amide bonds. The molecule has 4 heteroatoms. The fourth-order valence-corrected chi connectivity index (χ4v) is 0.723. The Bertz CT molecular complexity index is 246. The molecule has 0 aromatic heterocycles. The topological polar surface area (TPSA) is 43.1 Å². The summed E-state index contributed by atoms with van der Waals surface area (Å²) >= 11 is 3.98. The summed E-state index contributed by atoms with van der Waals surface area (Å²) in [6.07, 6.45) is 0. The molecule has 0 radical (unpaired) electrons. The fourth-order valence-electron chi connectivity index (χ4n) is 0.574. The quantitative estimate of drug-likeness (QED) is 0.415. The zero-order valence-electron chi connectivity index (χ0n) is 7.02. The average molecular weight is 185 g/mol. The second-order valence-corrected chi connectivity index (χ2v) is 2.29. The highest BCUT2D eigenvalue weighted by Crippen LogP contribution is 2.13. The summed E-state index contributed by atoms with van der Waals surface area (Å²) in [5.41, 5.74) is 0.0952. The SMILES string of the molecule is CC.O=[N+]([O-])c1ccc(S)cc1. The van der Waals surface area contributed by atoms with E-state index in [-0.39, 0.29) is 5.69 Å². The lowest BCUT2D eigenvalue weighted by molar-refractivity contribution is -0.384. The molecule has 0 aliphatic heterocycles. The lowest BCUT2D eigenvalue weighted by atomic mass is 10.3. The minimum absolute atomic E-state index is 0.0952. The second-order valence-electron chi connectivity index (χ2n) is 1.77. The van der Waals surface area contributed by atoms with Crippen molar-refractivity contribution in [3.63, 3.8) is 0 Å². The van der Waals surface area contributed by atoms with E-state index in [1.807, 2.05) is 13.8 Å². The maximum absolute atomic E-state index is 10.1. The lowest BCUT2D eigenvalue weighted by Crippen LogP contribution is -1.85. The zero-order valence-corrected chi connectivity index (χ0v) is 7.91. The van der Waals surface area contributed by atoms with Crippen LogP contribution in [0.3, 0.4) is 0 Å². The first kappa shape index (κ1) is 11.0. The largest absolute Gasteiger partial charge is 0.269 e. The fraction of sp³-hybridized carbons (Fsp3) is 0.250. The van der Waals surface area contributed by atoms with Gasteiger partial charge in [0, 0.05) is 17.0 Å². The molecule has 0 saturated carbocycles. The van der Waals surface area contributed by atoms with Crippen molar-refractivity contribution >= 4 is 18.3 Å². The molecule has 0 atom stereocenters. The van der Waals surface area contributed by atoms with Crippen LogP contribution in [0.15, 0.2) is 29.2 Å². The van der Waals surface area contributed by atoms with Crippen LogP contribution in [-0.2, 0) is 0 Å². The van der Waals surface area contributed by atoms with Crippen LogP contribution in [0.2, 0.25) is 0 Å². The van der Waals surface area contributed by atoms with E-state index in [0.29, 0.717) is 0 Å². The number of nitrogens with zero attached hydrogens (tertiary/aromatic N) is 1. The van der Waals surface area contributed by atoms with Gasteiger partial charge in [-0.3, -0.25) is 10.1 Å². The minimum Gasteiger partial charge on any atom is -0.258 e. The van der Waals surface area contributed by atoms with Gasteiger partial charge in [-0.1, -0.05) is 13.8 Å². The first-order chi connectivity index (χ1) is 5.70. The van der Waals surface area contributed by atoms with Crippen molar-refractivity contribution < 1.29 is 4.92 Å². The Kier molecular flexibility index (Phi) is 5.12. The van der Waals surface area contributed by atoms with E-state index in [2.05, 4.69) is 12.6 Å². The summed E-state index contributed by atoms with van der Waals surface area (Å²) in [6.45, 7) is 4.00. The third kappa shape index (κ3) is 3.39. The predicted molar refractivity (Wildman–Crippen MR) is 51.7 cm³/mol. The third-order valence-corrected chi connectivity index (χ3v) is 1.36. The molecule has 0 fully saturated rings. The smallest absolute Gasteiger partial charge is 0.258 e. The number of benzene rings is 1. The summed E-state index contributed by atoms with van der Waals surface area (Å²) < 4.78 is 0. The molecule has 12 heavy (non-hydrogen) atoms. The van der Waals surface area contributed by atoms with Gasteiger partial charge in [0.1, 0.15) is 0 Å². The summed E-state index contributed by atoms with van der Waals surface area (Å²) in [5.74, 6) is 0. The van der Waals surface area contributed by atoms with E-state index >= 15 is 0 Å². The van der Waals surface area contributed by atoms with Crippen LogP contribution < -0.4 is 0 Å². The van der Waals surface area contributed by atoms with Crippen LogP contribution in [-0.4, -0.2) is 4.92 Å². The van der Waals surface area contributed by atoms with E-state index in [4.69, 9.17) is 0 Å².